The molecule has 0 amide bonds. The molecule has 0 radical (unpaired) electrons. The molecule has 0 heterocycles. The second-order valence-electron chi connectivity index (χ2n) is 6.85. The summed E-state index contributed by atoms with van der Waals surface area (Å²) in [5.41, 5.74) is 2.05. The fraction of sp³-hybridized carbons (Fsp3) is 0.800. The van der Waals surface area contributed by atoms with E-state index in [4.69, 9.17) is 0 Å². The third-order valence-corrected chi connectivity index (χ3v) is 5.97. The van der Waals surface area contributed by atoms with Crippen LogP contribution in [0.3, 0.4) is 0 Å². The van der Waals surface area contributed by atoms with Gasteiger partial charge in [-0.3, -0.25) is 4.79 Å². The Hall–Kier alpha value is -0.590. The van der Waals surface area contributed by atoms with Gasteiger partial charge in [0.15, 0.2) is 0 Å². The average molecular weight is 218 g/mol. The van der Waals surface area contributed by atoms with E-state index < -0.39 is 0 Å². The number of rotatable bonds is 0. The van der Waals surface area contributed by atoms with Crippen LogP contribution in [-0.2, 0) is 4.79 Å². The Balaban J connectivity index is 2.20. The second-order valence-corrected chi connectivity index (χ2v) is 6.85. The van der Waals surface area contributed by atoms with Crippen LogP contribution >= 0.6 is 0 Å². The third kappa shape index (κ3) is 0.959. The van der Waals surface area contributed by atoms with Crippen LogP contribution in [0.2, 0.25) is 0 Å². The zero-order valence-corrected chi connectivity index (χ0v) is 10.7. The lowest BCUT2D eigenvalue weighted by Crippen LogP contribution is -2.39. The van der Waals surface area contributed by atoms with Gasteiger partial charge in [0.05, 0.1) is 0 Å². The summed E-state index contributed by atoms with van der Waals surface area (Å²) in [7, 11) is 0. The highest BCUT2D eigenvalue weighted by molar-refractivity contribution is 5.88. The first-order valence-electron chi connectivity index (χ1n) is 6.67. The van der Waals surface area contributed by atoms with Crippen molar-refractivity contribution in [1.82, 2.24) is 0 Å². The van der Waals surface area contributed by atoms with Gasteiger partial charge in [-0.2, -0.15) is 0 Å². The quantitative estimate of drug-likeness (QED) is 0.564. The highest BCUT2D eigenvalue weighted by Crippen LogP contribution is 2.70. The summed E-state index contributed by atoms with van der Waals surface area (Å²) in [5, 5.41) is 0. The Kier molecular flexibility index (Phi) is 1.85. The molecule has 16 heavy (non-hydrogen) atoms. The molecule has 88 valence electrons. The summed E-state index contributed by atoms with van der Waals surface area (Å²) in [6.07, 6.45) is 9.40. The number of hydrogen-bond acceptors (Lipinski definition) is 1. The van der Waals surface area contributed by atoms with E-state index in [2.05, 4.69) is 26.8 Å². The number of allylic oxidation sites excluding steroid dienone is 2. The molecule has 0 aromatic heterocycles. The predicted molar refractivity (Wildman–Crippen MR) is 65.1 cm³/mol. The largest absolute Gasteiger partial charge is 0.299 e. The Bertz CT molecular complexity index is 390. The highest BCUT2D eigenvalue weighted by atomic mass is 16.1. The smallest absolute Gasteiger partial charge is 0.139 e. The third-order valence-electron chi connectivity index (χ3n) is 5.97. The minimum absolute atomic E-state index is 0.0819. The van der Waals surface area contributed by atoms with Gasteiger partial charge in [0, 0.05) is 11.8 Å². The molecule has 0 aromatic carbocycles. The van der Waals surface area contributed by atoms with E-state index in [1.54, 1.807) is 5.57 Å². The van der Waals surface area contributed by atoms with E-state index in [9.17, 15) is 4.79 Å². The van der Waals surface area contributed by atoms with Crippen LogP contribution in [-0.4, -0.2) is 5.78 Å². The van der Waals surface area contributed by atoms with Gasteiger partial charge >= 0.3 is 0 Å². The van der Waals surface area contributed by atoms with Gasteiger partial charge in [-0.05, 0) is 42.9 Å². The average Bonchev–Trinajstić information content (AvgIpc) is 2.39. The molecule has 2 atom stereocenters. The van der Waals surface area contributed by atoms with Crippen molar-refractivity contribution in [2.24, 2.45) is 16.2 Å². The molecule has 3 rings (SSSR count). The van der Waals surface area contributed by atoms with Gasteiger partial charge in [0.25, 0.3) is 0 Å². The molecular weight excluding hydrogens is 196 g/mol. The van der Waals surface area contributed by atoms with Crippen molar-refractivity contribution in [2.75, 3.05) is 0 Å². The first kappa shape index (κ1) is 10.6. The van der Waals surface area contributed by atoms with Crippen LogP contribution in [0.25, 0.3) is 0 Å². The molecule has 2 saturated carbocycles. The van der Waals surface area contributed by atoms with Gasteiger partial charge < -0.3 is 0 Å². The first-order chi connectivity index (χ1) is 7.42. The van der Waals surface area contributed by atoms with Crippen LogP contribution in [0, 0.1) is 16.2 Å². The highest BCUT2D eigenvalue weighted by Gasteiger charge is 2.65. The summed E-state index contributed by atoms with van der Waals surface area (Å²) in [5.74, 6) is 0.512. The molecule has 0 saturated heterocycles. The number of ketones is 1. The minimum atomic E-state index is -0.0819. The summed E-state index contributed by atoms with van der Waals surface area (Å²) in [6.45, 7) is 6.82. The van der Waals surface area contributed by atoms with Gasteiger partial charge in [0.1, 0.15) is 5.78 Å². The summed E-state index contributed by atoms with van der Waals surface area (Å²) in [4.78, 5) is 12.3. The fourth-order valence-electron chi connectivity index (χ4n) is 4.76. The van der Waals surface area contributed by atoms with Crippen LogP contribution in [0.5, 0.6) is 0 Å². The molecule has 0 unspecified atom stereocenters. The molecule has 0 N–H and O–H groups in total. The maximum Gasteiger partial charge on any atom is 0.139 e. The van der Waals surface area contributed by atoms with E-state index in [-0.39, 0.29) is 10.8 Å². The first-order valence-corrected chi connectivity index (χ1v) is 6.67. The molecule has 1 heteroatoms. The van der Waals surface area contributed by atoms with Crippen molar-refractivity contribution in [1.29, 1.82) is 0 Å². The van der Waals surface area contributed by atoms with Crippen LogP contribution in [0.1, 0.15) is 59.3 Å². The minimum Gasteiger partial charge on any atom is -0.299 e. The fourth-order valence-corrected chi connectivity index (χ4v) is 4.76. The predicted octanol–water partition coefficient (Wildman–Crippen LogP) is 3.88. The number of fused-ring (bicyclic) bond motifs is 1. The molecule has 2 fully saturated rings. The van der Waals surface area contributed by atoms with Crippen molar-refractivity contribution in [3.63, 3.8) is 0 Å². The SMILES string of the molecule is CC1(C)C2=CCCC[C@]23CCC(=O)[C@@]1(C)C3. The number of carbonyl (C=O) groups excluding carboxylic acids is 1. The molecule has 0 aliphatic heterocycles. The standard InChI is InChI=1S/C15H22O/c1-13(2)11-6-4-5-8-15(11)9-7-12(16)14(13,3)10-15/h6H,4-5,7-10H2,1-3H3/t14-,15-/m1/s1. The summed E-state index contributed by atoms with van der Waals surface area (Å²) >= 11 is 0. The van der Waals surface area contributed by atoms with E-state index in [0.29, 0.717) is 11.2 Å². The maximum atomic E-state index is 12.3. The topological polar surface area (TPSA) is 17.1 Å². The van der Waals surface area contributed by atoms with Gasteiger partial charge in [0.2, 0.25) is 0 Å². The molecule has 1 nitrogen and oxygen atoms in total. The van der Waals surface area contributed by atoms with Crippen molar-refractivity contribution >= 4 is 5.78 Å². The Morgan fingerprint density at radius 1 is 1.19 bits per heavy atom. The Morgan fingerprint density at radius 3 is 2.69 bits per heavy atom. The molecule has 0 aromatic rings. The summed E-state index contributed by atoms with van der Waals surface area (Å²) in [6, 6.07) is 0. The molecule has 3 aliphatic rings. The van der Waals surface area contributed by atoms with Crippen molar-refractivity contribution in [3.8, 4) is 0 Å². The Morgan fingerprint density at radius 2 is 1.94 bits per heavy atom. The lowest BCUT2D eigenvalue weighted by Gasteiger charge is -2.39. The molecule has 3 aliphatic carbocycles. The zero-order chi connectivity index (χ0) is 11.6. The van der Waals surface area contributed by atoms with Crippen molar-refractivity contribution in [2.45, 2.75) is 59.3 Å². The number of Topliss-reactive ketones (excluding diaryl/α,β-unsaturated/α-hetero) is 1. The normalized spacial score (nSPS) is 45.2. The van der Waals surface area contributed by atoms with E-state index >= 15 is 0 Å². The summed E-state index contributed by atoms with van der Waals surface area (Å²) < 4.78 is 0. The molecular formula is C15H22O. The van der Waals surface area contributed by atoms with Crippen LogP contribution < -0.4 is 0 Å². The zero-order valence-electron chi connectivity index (χ0n) is 10.7. The van der Waals surface area contributed by atoms with E-state index in [0.717, 1.165) is 19.3 Å². The number of hydrogen-bond donors (Lipinski definition) is 0. The van der Waals surface area contributed by atoms with Crippen LogP contribution in [0.15, 0.2) is 11.6 Å². The van der Waals surface area contributed by atoms with Crippen molar-refractivity contribution in [3.05, 3.63) is 11.6 Å². The monoisotopic (exact) mass is 218 g/mol. The lowest BCUT2D eigenvalue weighted by atomic mass is 9.63. The van der Waals surface area contributed by atoms with E-state index in [1.165, 1.54) is 19.3 Å². The van der Waals surface area contributed by atoms with Crippen LogP contribution in [0.4, 0.5) is 0 Å². The second kappa shape index (κ2) is 2.80. The molecule has 2 bridgehead atoms. The number of carbonyl (C=O) groups is 1. The lowest BCUT2D eigenvalue weighted by molar-refractivity contribution is -0.134. The Labute approximate surface area is 98.3 Å². The van der Waals surface area contributed by atoms with Crippen molar-refractivity contribution < 1.29 is 4.79 Å². The molecule has 1 spiro atoms. The van der Waals surface area contributed by atoms with Gasteiger partial charge in [-0.15, -0.1) is 0 Å². The van der Waals surface area contributed by atoms with Gasteiger partial charge in [-0.25, -0.2) is 0 Å². The van der Waals surface area contributed by atoms with Gasteiger partial charge in [-0.1, -0.05) is 32.4 Å². The van der Waals surface area contributed by atoms with E-state index in [1.807, 2.05) is 0 Å². The maximum absolute atomic E-state index is 12.3.